The molecule has 0 radical (unpaired) electrons. The molecule has 9 nitrogen and oxygen atoms in total. The van der Waals surface area contributed by atoms with Crippen molar-refractivity contribution >= 4 is 19.9 Å². The zero-order chi connectivity index (χ0) is 12.3. The number of ether oxygens (including phenoxy) is 2. The van der Waals surface area contributed by atoms with E-state index in [4.69, 9.17) is 20.0 Å². The van der Waals surface area contributed by atoms with Gasteiger partial charge in [0, 0.05) is 0 Å². The van der Waals surface area contributed by atoms with Gasteiger partial charge in [0.1, 0.15) is 6.61 Å². The number of carboxylic acid groups (broad SMARTS) is 2. The topological polar surface area (TPSA) is 151 Å². The summed E-state index contributed by atoms with van der Waals surface area (Å²) in [4.78, 5) is 37.6. The largest absolute Gasteiger partial charge is 0.507 e. The normalized spacial score (nSPS) is 15.1. The van der Waals surface area contributed by atoms with Gasteiger partial charge in [-0.05, 0) is 6.92 Å². The highest BCUT2D eigenvalue weighted by molar-refractivity contribution is 7.53. The predicted octanol–water partition coefficient (Wildman–Crippen LogP) is 0.269. The molecule has 15 heavy (non-hydrogen) atoms. The van der Waals surface area contributed by atoms with Crippen LogP contribution >= 0.6 is 7.60 Å². The molecule has 88 valence electrons. The summed E-state index contributed by atoms with van der Waals surface area (Å²) < 4.78 is 18.6. The molecule has 1 atom stereocenters. The first-order valence-corrected chi connectivity index (χ1v) is 5.03. The molecule has 0 aliphatic rings. The maximum absolute atomic E-state index is 10.8. The molecular formula is C5H9O9P. The molecule has 0 aromatic carbocycles. The molecule has 0 aliphatic carbocycles. The van der Waals surface area contributed by atoms with Gasteiger partial charge in [-0.15, -0.1) is 0 Å². The smallest absolute Gasteiger partial charge is 0.450 e. The first-order chi connectivity index (χ1) is 6.58. The van der Waals surface area contributed by atoms with Gasteiger partial charge in [0.15, 0.2) is 0 Å². The summed E-state index contributed by atoms with van der Waals surface area (Å²) in [5.41, 5.74) is 0. The van der Waals surface area contributed by atoms with Crippen LogP contribution in [0.25, 0.3) is 0 Å². The van der Waals surface area contributed by atoms with Crippen LogP contribution in [0.4, 0.5) is 9.59 Å². The van der Waals surface area contributed by atoms with Crippen molar-refractivity contribution in [3.63, 3.8) is 0 Å². The van der Waals surface area contributed by atoms with Gasteiger partial charge < -0.3 is 29.5 Å². The zero-order valence-electron chi connectivity index (χ0n) is 7.48. The Hall–Kier alpha value is -1.31. The van der Waals surface area contributed by atoms with Crippen molar-refractivity contribution in [3.05, 3.63) is 0 Å². The van der Waals surface area contributed by atoms with Crippen LogP contribution in [0.2, 0.25) is 0 Å². The highest BCUT2D eigenvalue weighted by Gasteiger charge is 2.48. The van der Waals surface area contributed by atoms with Crippen molar-refractivity contribution in [2.75, 3.05) is 6.61 Å². The molecule has 1 unspecified atom stereocenters. The average molecular weight is 244 g/mol. The monoisotopic (exact) mass is 244 g/mol. The van der Waals surface area contributed by atoms with Crippen molar-refractivity contribution in [2.45, 2.75) is 12.3 Å². The van der Waals surface area contributed by atoms with Gasteiger partial charge in [-0.25, -0.2) is 9.59 Å². The molecule has 10 heteroatoms. The second kappa shape index (κ2) is 4.47. The number of hydrogen-bond donors (Lipinski definition) is 4. The summed E-state index contributed by atoms with van der Waals surface area (Å²) in [5, 5.41) is 13.8. The van der Waals surface area contributed by atoms with Crippen LogP contribution in [-0.4, -0.2) is 44.3 Å². The molecule has 0 saturated carbocycles. The summed E-state index contributed by atoms with van der Waals surface area (Å²) in [5.74, 6) is 0. The Balaban J connectivity index is 4.79. The van der Waals surface area contributed by atoms with E-state index in [1.54, 1.807) is 0 Å². The lowest BCUT2D eigenvalue weighted by atomic mass is 10.4. The number of hydrogen-bond acceptors (Lipinski definition) is 5. The van der Waals surface area contributed by atoms with E-state index in [2.05, 4.69) is 9.47 Å². The summed E-state index contributed by atoms with van der Waals surface area (Å²) in [6.45, 7) is -0.371. The SMILES string of the molecule is CC(COC(=O)O)(OC(=O)O)P(=O)(O)O. The van der Waals surface area contributed by atoms with E-state index in [0.29, 0.717) is 0 Å². The zero-order valence-corrected chi connectivity index (χ0v) is 8.38. The van der Waals surface area contributed by atoms with Gasteiger partial charge in [0.25, 0.3) is 0 Å². The van der Waals surface area contributed by atoms with E-state index in [9.17, 15) is 14.2 Å². The molecule has 0 rings (SSSR count). The Labute approximate surface area is 83.4 Å². The van der Waals surface area contributed by atoms with Gasteiger partial charge in [-0.3, -0.25) is 4.57 Å². The summed E-state index contributed by atoms with van der Waals surface area (Å²) in [7, 11) is -4.99. The Morgan fingerprint density at radius 1 is 1.27 bits per heavy atom. The molecule has 0 heterocycles. The van der Waals surface area contributed by atoms with Gasteiger partial charge in [0.05, 0.1) is 0 Å². The Morgan fingerprint density at radius 3 is 2.00 bits per heavy atom. The summed E-state index contributed by atoms with van der Waals surface area (Å²) >= 11 is 0. The minimum Gasteiger partial charge on any atom is -0.450 e. The summed E-state index contributed by atoms with van der Waals surface area (Å²) in [6, 6.07) is 0. The van der Waals surface area contributed by atoms with Crippen molar-refractivity contribution < 1.29 is 43.6 Å². The molecule has 0 spiro atoms. The van der Waals surface area contributed by atoms with Gasteiger partial charge >= 0.3 is 19.9 Å². The van der Waals surface area contributed by atoms with Crippen molar-refractivity contribution in [1.29, 1.82) is 0 Å². The van der Waals surface area contributed by atoms with Crippen LogP contribution in [0, 0.1) is 0 Å². The Bertz CT molecular complexity index is 306. The Morgan fingerprint density at radius 2 is 1.73 bits per heavy atom. The lowest BCUT2D eigenvalue weighted by Crippen LogP contribution is -2.37. The van der Waals surface area contributed by atoms with Crippen molar-refractivity contribution in [3.8, 4) is 0 Å². The quantitative estimate of drug-likeness (QED) is 0.403. The highest BCUT2D eigenvalue weighted by atomic mass is 31.2. The standard InChI is InChI=1S/C5H9O9P/c1-5(14-4(8)9,15(10,11)12)2-13-3(6)7/h2H2,1H3,(H,6,7)(H,8,9)(H2,10,11,12). The van der Waals surface area contributed by atoms with Crippen LogP contribution in [0.15, 0.2) is 0 Å². The number of carbonyl (C=O) groups is 2. The third kappa shape index (κ3) is 4.15. The van der Waals surface area contributed by atoms with Crippen LogP contribution in [-0.2, 0) is 14.0 Å². The maximum atomic E-state index is 10.8. The fourth-order valence-electron chi connectivity index (χ4n) is 0.557. The third-order valence-corrected chi connectivity index (χ3v) is 2.84. The van der Waals surface area contributed by atoms with Crippen LogP contribution in [0.5, 0.6) is 0 Å². The first-order valence-electron chi connectivity index (χ1n) is 3.42. The van der Waals surface area contributed by atoms with Crippen molar-refractivity contribution in [2.24, 2.45) is 0 Å². The highest BCUT2D eigenvalue weighted by Crippen LogP contribution is 2.51. The minimum atomic E-state index is -4.99. The van der Waals surface area contributed by atoms with Gasteiger partial charge in [-0.2, -0.15) is 0 Å². The van der Waals surface area contributed by atoms with E-state index in [1.165, 1.54) is 0 Å². The van der Waals surface area contributed by atoms with E-state index in [0.717, 1.165) is 6.92 Å². The predicted molar refractivity (Wildman–Crippen MR) is 43.5 cm³/mol. The molecule has 4 N–H and O–H groups in total. The first kappa shape index (κ1) is 13.7. The fraction of sp³-hybridized carbons (Fsp3) is 0.600. The molecule has 0 aromatic heterocycles. The molecule has 0 aliphatic heterocycles. The van der Waals surface area contributed by atoms with Crippen molar-refractivity contribution in [1.82, 2.24) is 0 Å². The molecule has 0 saturated heterocycles. The fourth-order valence-corrected chi connectivity index (χ4v) is 0.986. The van der Waals surface area contributed by atoms with E-state index in [1.807, 2.05) is 0 Å². The molecule has 0 aromatic rings. The van der Waals surface area contributed by atoms with E-state index < -0.39 is 31.9 Å². The molecule has 0 fully saturated rings. The number of rotatable bonds is 4. The molecule has 0 bridgehead atoms. The van der Waals surface area contributed by atoms with Gasteiger partial charge in [-0.1, -0.05) is 0 Å². The molecular weight excluding hydrogens is 235 g/mol. The average Bonchev–Trinajstić information content (AvgIpc) is 1.97. The van der Waals surface area contributed by atoms with Crippen LogP contribution in [0.3, 0.4) is 0 Å². The minimum absolute atomic E-state index is 0.727. The molecule has 0 amide bonds. The van der Waals surface area contributed by atoms with Crippen LogP contribution < -0.4 is 0 Å². The Kier molecular flexibility index (Phi) is 4.08. The summed E-state index contributed by atoms with van der Waals surface area (Å²) in [6.07, 6.45) is -3.75. The van der Waals surface area contributed by atoms with Crippen LogP contribution in [0.1, 0.15) is 6.92 Å². The third-order valence-electron chi connectivity index (χ3n) is 1.39. The van der Waals surface area contributed by atoms with E-state index in [-0.39, 0.29) is 0 Å². The maximum Gasteiger partial charge on any atom is 0.507 e. The van der Waals surface area contributed by atoms with E-state index >= 15 is 0 Å². The lowest BCUT2D eigenvalue weighted by Gasteiger charge is -2.27. The second-order valence-corrected chi connectivity index (χ2v) is 4.68. The second-order valence-electron chi connectivity index (χ2n) is 2.64. The lowest BCUT2D eigenvalue weighted by molar-refractivity contribution is -0.0202. The van der Waals surface area contributed by atoms with Gasteiger partial charge in [0.2, 0.25) is 5.34 Å².